The molecule has 7 heteroatoms. The van der Waals surface area contributed by atoms with Crippen molar-refractivity contribution in [1.82, 2.24) is 9.55 Å². The first kappa shape index (κ1) is 13.5. The minimum atomic E-state index is -2.65. The van der Waals surface area contributed by atoms with Crippen LogP contribution in [0.3, 0.4) is 0 Å². The maximum Gasteiger partial charge on any atom is 0.336 e. The second-order valence-corrected chi connectivity index (χ2v) is 4.64. The van der Waals surface area contributed by atoms with E-state index in [-0.39, 0.29) is 17.1 Å². The van der Waals surface area contributed by atoms with Gasteiger partial charge in [0.1, 0.15) is 5.82 Å². The molecule has 19 heavy (non-hydrogen) atoms. The van der Waals surface area contributed by atoms with Gasteiger partial charge in [0.2, 0.25) is 0 Å². The van der Waals surface area contributed by atoms with E-state index in [1.807, 2.05) is 0 Å². The Morgan fingerprint density at radius 2 is 2.16 bits per heavy atom. The average Bonchev–Trinajstić information content (AvgIpc) is 2.85. The number of halogens is 2. The zero-order valence-corrected chi connectivity index (χ0v) is 10.5. The first-order valence-electron chi connectivity index (χ1n) is 5.34. The van der Waals surface area contributed by atoms with Gasteiger partial charge in [0.05, 0.1) is 11.3 Å². The van der Waals surface area contributed by atoms with Crippen molar-refractivity contribution >= 4 is 17.7 Å². The van der Waals surface area contributed by atoms with Crippen molar-refractivity contribution in [2.24, 2.45) is 0 Å². The fourth-order valence-electron chi connectivity index (χ4n) is 1.54. The van der Waals surface area contributed by atoms with Crippen molar-refractivity contribution in [3.8, 4) is 0 Å². The zero-order valence-electron chi connectivity index (χ0n) is 9.66. The molecule has 2 rings (SSSR count). The highest BCUT2D eigenvalue weighted by Gasteiger charge is 2.14. The first-order valence-corrected chi connectivity index (χ1v) is 6.33. The summed E-state index contributed by atoms with van der Waals surface area (Å²) in [6.07, 6.45) is 2.49. The Hall–Kier alpha value is -1.89. The number of aromatic carboxylic acids is 1. The number of thioether (sulfide) groups is 1. The number of carbonyl (C=O) groups is 1. The van der Waals surface area contributed by atoms with Crippen LogP contribution >= 0.6 is 11.8 Å². The zero-order chi connectivity index (χ0) is 13.8. The third kappa shape index (κ3) is 3.11. The van der Waals surface area contributed by atoms with Crippen molar-refractivity contribution < 1.29 is 18.7 Å². The Labute approximate surface area is 112 Å². The quantitative estimate of drug-likeness (QED) is 0.856. The summed E-state index contributed by atoms with van der Waals surface area (Å²) in [7, 11) is 0. The lowest BCUT2D eigenvalue weighted by molar-refractivity contribution is 0.0673. The van der Waals surface area contributed by atoms with Gasteiger partial charge in [-0.15, -0.1) is 11.8 Å². The third-order valence-electron chi connectivity index (χ3n) is 2.43. The van der Waals surface area contributed by atoms with E-state index in [4.69, 9.17) is 5.11 Å². The molecule has 1 N–H and O–H groups in total. The highest BCUT2D eigenvalue weighted by Crippen LogP contribution is 2.27. The molecule has 0 spiro atoms. The largest absolute Gasteiger partial charge is 0.478 e. The molecule has 0 bridgehead atoms. The second-order valence-electron chi connectivity index (χ2n) is 3.62. The summed E-state index contributed by atoms with van der Waals surface area (Å²) in [5.74, 6) is -0.651. The summed E-state index contributed by atoms with van der Waals surface area (Å²) in [6.45, 7) is -2.65. The van der Waals surface area contributed by atoms with Gasteiger partial charge in [-0.05, 0) is 12.1 Å². The number of benzene rings is 1. The molecule has 0 amide bonds. The molecule has 4 nitrogen and oxygen atoms in total. The van der Waals surface area contributed by atoms with Crippen LogP contribution in [0.25, 0.3) is 0 Å². The van der Waals surface area contributed by atoms with E-state index in [9.17, 15) is 13.6 Å². The Morgan fingerprint density at radius 1 is 1.42 bits per heavy atom. The molecule has 0 aliphatic rings. The number of alkyl halides is 2. The first-order chi connectivity index (χ1) is 9.09. The minimum Gasteiger partial charge on any atom is -0.478 e. The van der Waals surface area contributed by atoms with E-state index in [1.165, 1.54) is 30.2 Å². The van der Waals surface area contributed by atoms with Gasteiger partial charge in [0.25, 0.3) is 0 Å². The van der Waals surface area contributed by atoms with Crippen LogP contribution in [-0.4, -0.2) is 20.6 Å². The number of carboxylic acids is 1. The van der Waals surface area contributed by atoms with Crippen LogP contribution in [0.5, 0.6) is 0 Å². The van der Waals surface area contributed by atoms with Crippen molar-refractivity contribution in [3.63, 3.8) is 0 Å². The van der Waals surface area contributed by atoms with Crippen LogP contribution < -0.4 is 0 Å². The molecule has 0 saturated heterocycles. The molecule has 0 fully saturated rings. The summed E-state index contributed by atoms with van der Waals surface area (Å²) in [5, 5.41) is 9.01. The van der Waals surface area contributed by atoms with Crippen LogP contribution in [-0.2, 0) is 5.75 Å². The van der Waals surface area contributed by atoms with Gasteiger partial charge in [-0.2, -0.15) is 8.78 Å². The average molecular weight is 284 g/mol. The van der Waals surface area contributed by atoms with Crippen molar-refractivity contribution in [1.29, 1.82) is 0 Å². The molecule has 2 aromatic rings. The third-order valence-corrected chi connectivity index (χ3v) is 3.50. The molecule has 0 aliphatic carbocycles. The van der Waals surface area contributed by atoms with Crippen LogP contribution in [0.2, 0.25) is 0 Å². The molecular formula is C12H10F2N2O2S. The minimum absolute atomic E-state index is 0.155. The van der Waals surface area contributed by atoms with Crippen LogP contribution in [0.1, 0.15) is 22.7 Å². The van der Waals surface area contributed by atoms with Gasteiger partial charge in [0.15, 0.2) is 0 Å². The number of imidazole rings is 1. The van der Waals surface area contributed by atoms with Crippen LogP contribution in [0.15, 0.2) is 41.6 Å². The second kappa shape index (κ2) is 5.83. The molecule has 1 heterocycles. The summed E-state index contributed by atoms with van der Waals surface area (Å²) < 4.78 is 26.0. The monoisotopic (exact) mass is 284 g/mol. The van der Waals surface area contributed by atoms with Gasteiger partial charge in [-0.1, -0.05) is 12.1 Å². The highest BCUT2D eigenvalue weighted by atomic mass is 32.2. The van der Waals surface area contributed by atoms with Crippen LogP contribution in [0, 0.1) is 0 Å². The van der Waals surface area contributed by atoms with Gasteiger partial charge in [-0.25, -0.2) is 9.78 Å². The molecule has 0 unspecified atom stereocenters. The van der Waals surface area contributed by atoms with E-state index in [1.54, 1.807) is 18.2 Å². The van der Waals surface area contributed by atoms with Crippen molar-refractivity contribution in [2.45, 2.75) is 17.2 Å². The number of rotatable bonds is 5. The normalized spacial score (nSPS) is 10.9. The van der Waals surface area contributed by atoms with Gasteiger partial charge < -0.3 is 5.11 Å². The molecular weight excluding hydrogens is 274 g/mol. The molecule has 0 aliphatic heterocycles. The molecule has 1 aromatic carbocycles. The summed E-state index contributed by atoms with van der Waals surface area (Å²) in [4.78, 5) is 15.4. The van der Waals surface area contributed by atoms with Gasteiger partial charge in [-0.3, -0.25) is 4.57 Å². The predicted octanol–water partition coefficient (Wildman–Crippen LogP) is 3.27. The highest BCUT2D eigenvalue weighted by molar-refractivity contribution is 7.98. The van der Waals surface area contributed by atoms with E-state index < -0.39 is 12.5 Å². The number of carboxylic acid groups (broad SMARTS) is 1. The lowest BCUT2D eigenvalue weighted by atomic mass is 10.2. The van der Waals surface area contributed by atoms with E-state index in [0.29, 0.717) is 4.90 Å². The van der Waals surface area contributed by atoms with Gasteiger partial charge >= 0.3 is 12.5 Å². The Kier molecular flexibility index (Phi) is 4.16. The standard InChI is InChI=1S/C12H10F2N2O2S/c13-12(14)16-6-5-15-10(16)7-19-9-4-2-1-3-8(9)11(17)18/h1-6,12H,7H2,(H,17,18). The fraction of sp³-hybridized carbons (Fsp3) is 0.167. The Bertz CT molecular complexity index is 587. The van der Waals surface area contributed by atoms with Gasteiger partial charge in [0, 0.05) is 17.3 Å². The summed E-state index contributed by atoms with van der Waals surface area (Å²) in [5.41, 5.74) is 0.155. The molecule has 0 saturated carbocycles. The molecule has 100 valence electrons. The maximum atomic E-state index is 12.6. The molecule has 1 aromatic heterocycles. The Morgan fingerprint density at radius 3 is 2.84 bits per heavy atom. The fourth-order valence-corrected chi connectivity index (χ4v) is 2.54. The molecule has 0 atom stereocenters. The van der Waals surface area contributed by atoms with Crippen molar-refractivity contribution in [2.75, 3.05) is 0 Å². The smallest absolute Gasteiger partial charge is 0.336 e. The Balaban J connectivity index is 2.15. The van der Waals surface area contributed by atoms with E-state index in [2.05, 4.69) is 4.98 Å². The number of nitrogens with zero attached hydrogens (tertiary/aromatic N) is 2. The topological polar surface area (TPSA) is 55.1 Å². The lowest BCUT2D eigenvalue weighted by Gasteiger charge is -2.07. The molecule has 0 radical (unpaired) electrons. The van der Waals surface area contributed by atoms with Crippen molar-refractivity contribution in [3.05, 3.63) is 48.0 Å². The van der Waals surface area contributed by atoms with E-state index in [0.717, 1.165) is 4.57 Å². The van der Waals surface area contributed by atoms with Crippen LogP contribution in [0.4, 0.5) is 8.78 Å². The lowest BCUT2D eigenvalue weighted by Crippen LogP contribution is -2.03. The predicted molar refractivity (Wildman–Crippen MR) is 66.4 cm³/mol. The number of hydrogen-bond donors (Lipinski definition) is 1. The maximum absolute atomic E-state index is 12.6. The van der Waals surface area contributed by atoms with E-state index >= 15 is 0 Å². The summed E-state index contributed by atoms with van der Waals surface area (Å²) >= 11 is 1.17. The number of hydrogen-bond acceptors (Lipinski definition) is 3. The SMILES string of the molecule is O=C(O)c1ccccc1SCc1nccn1C(F)F. The summed E-state index contributed by atoms with van der Waals surface area (Å²) in [6, 6.07) is 6.44. The number of aromatic nitrogens is 2.